The van der Waals surface area contributed by atoms with E-state index in [4.69, 9.17) is 0 Å². The highest BCUT2D eigenvalue weighted by Crippen LogP contribution is 2.30. The molecule has 0 bridgehead atoms. The van der Waals surface area contributed by atoms with Crippen molar-refractivity contribution in [3.63, 3.8) is 0 Å². The lowest BCUT2D eigenvalue weighted by Gasteiger charge is -2.26. The van der Waals surface area contributed by atoms with Crippen LogP contribution in [0.15, 0.2) is 18.2 Å². The fourth-order valence-corrected chi connectivity index (χ4v) is 3.17. The second-order valence-electron chi connectivity index (χ2n) is 7.40. The Labute approximate surface area is 135 Å². The van der Waals surface area contributed by atoms with Gasteiger partial charge in [-0.25, -0.2) is 0 Å². The number of benzene rings is 1. The fraction of sp³-hybridized carbons (Fsp3) is 0.632. The van der Waals surface area contributed by atoms with Gasteiger partial charge in [0.15, 0.2) is 0 Å². The van der Waals surface area contributed by atoms with Crippen molar-refractivity contribution in [3.05, 3.63) is 34.9 Å². The quantitative estimate of drug-likeness (QED) is 0.902. The van der Waals surface area contributed by atoms with Gasteiger partial charge in [0.2, 0.25) is 0 Å². The monoisotopic (exact) mass is 302 g/mol. The Kier molecular flexibility index (Phi) is 5.28. The summed E-state index contributed by atoms with van der Waals surface area (Å²) < 4.78 is 0. The number of rotatable bonds is 5. The molecule has 122 valence electrons. The predicted molar refractivity (Wildman–Crippen MR) is 92.3 cm³/mol. The van der Waals surface area contributed by atoms with Crippen LogP contribution in [-0.4, -0.2) is 36.5 Å². The van der Waals surface area contributed by atoms with E-state index in [0.717, 1.165) is 25.2 Å². The number of unbranched alkanes of at least 4 members (excludes halogenated alkanes) is 1. The van der Waals surface area contributed by atoms with Crippen LogP contribution in [0.4, 0.5) is 0 Å². The van der Waals surface area contributed by atoms with Gasteiger partial charge in [-0.3, -0.25) is 4.79 Å². The van der Waals surface area contributed by atoms with Crippen LogP contribution in [0.3, 0.4) is 0 Å². The summed E-state index contributed by atoms with van der Waals surface area (Å²) >= 11 is 0. The molecule has 1 unspecified atom stereocenters. The third-order valence-electron chi connectivity index (χ3n) is 4.92. The van der Waals surface area contributed by atoms with Crippen LogP contribution in [0.25, 0.3) is 0 Å². The van der Waals surface area contributed by atoms with Gasteiger partial charge in [0, 0.05) is 24.7 Å². The minimum Gasteiger partial charge on any atom is -0.347 e. The Morgan fingerprint density at radius 2 is 2.05 bits per heavy atom. The van der Waals surface area contributed by atoms with Crippen molar-refractivity contribution in [1.82, 2.24) is 10.2 Å². The summed E-state index contributed by atoms with van der Waals surface area (Å²) in [7, 11) is 0. The molecule has 0 spiro atoms. The lowest BCUT2D eigenvalue weighted by molar-refractivity contribution is 0.0916. The maximum Gasteiger partial charge on any atom is 0.251 e. The normalized spacial score (nSPS) is 21.0. The first-order valence-corrected chi connectivity index (χ1v) is 8.44. The highest BCUT2D eigenvalue weighted by atomic mass is 16.1. The van der Waals surface area contributed by atoms with E-state index in [-0.39, 0.29) is 17.4 Å². The SMILES string of the molecule is CCCCN1CC(NC(=O)c2ccc(C)c(C)c2)C(C)(C)C1. The Morgan fingerprint density at radius 3 is 2.68 bits per heavy atom. The van der Waals surface area contributed by atoms with Gasteiger partial charge in [-0.1, -0.05) is 33.3 Å². The number of nitrogens with zero attached hydrogens (tertiary/aromatic N) is 1. The number of amides is 1. The highest BCUT2D eigenvalue weighted by Gasteiger charge is 2.39. The van der Waals surface area contributed by atoms with E-state index < -0.39 is 0 Å². The van der Waals surface area contributed by atoms with Crippen molar-refractivity contribution in [2.45, 2.75) is 53.5 Å². The average molecular weight is 302 g/mol. The van der Waals surface area contributed by atoms with Crippen LogP contribution in [0.1, 0.15) is 55.1 Å². The summed E-state index contributed by atoms with van der Waals surface area (Å²) in [5.74, 6) is 0.0542. The summed E-state index contributed by atoms with van der Waals surface area (Å²) in [4.78, 5) is 15.0. The molecule has 0 aromatic heterocycles. The number of carbonyl (C=O) groups is 1. The van der Waals surface area contributed by atoms with Crippen molar-refractivity contribution in [2.75, 3.05) is 19.6 Å². The first kappa shape index (κ1) is 17.0. The van der Waals surface area contributed by atoms with Gasteiger partial charge in [-0.2, -0.15) is 0 Å². The molecular formula is C19H30N2O. The van der Waals surface area contributed by atoms with E-state index in [2.05, 4.69) is 44.8 Å². The molecule has 1 amide bonds. The molecule has 1 N–H and O–H groups in total. The molecule has 1 aromatic rings. The van der Waals surface area contributed by atoms with E-state index >= 15 is 0 Å². The minimum absolute atomic E-state index is 0.0542. The highest BCUT2D eigenvalue weighted by molar-refractivity contribution is 5.94. The van der Waals surface area contributed by atoms with Crippen LogP contribution in [0.5, 0.6) is 0 Å². The fourth-order valence-electron chi connectivity index (χ4n) is 3.17. The van der Waals surface area contributed by atoms with Gasteiger partial charge in [0.1, 0.15) is 0 Å². The van der Waals surface area contributed by atoms with E-state index in [1.165, 1.54) is 24.0 Å². The number of hydrogen-bond acceptors (Lipinski definition) is 2. The number of hydrogen-bond donors (Lipinski definition) is 1. The second kappa shape index (κ2) is 6.82. The molecule has 1 saturated heterocycles. The van der Waals surface area contributed by atoms with E-state index in [0.29, 0.717) is 0 Å². The van der Waals surface area contributed by atoms with E-state index in [9.17, 15) is 4.79 Å². The van der Waals surface area contributed by atoms with Crippen molar-refractivity contribution in [1.29, 1.82) is 0 Å². The van der Waals surface area contributed by atoms with Crippen LogP contribution >= 0.6 is 0 Å². The molecule has 3 nitrogen and oxygen atoms in total. The van der Waals surface area contributed by atoms with Gasteiger partial charge in [0.05, 0.1) is 0 Å². The first-order chi connectivity index (χ1) is 10.3. The molecule has 0 radical (unpaired) electrons. The Hall–Kier alpha value is -1.35. The topological polar surface area (TPSA) is 32.3 Å². The molecule has 0 saturated carbocycles. The van der Waals surface area contributed by atoms with Gasteiger partial charge >= 0.3 is 0 Å². The molecule has 1 aliphatic heterocycles. The zero-order chi connectivity index (χ0) is 16.3. The molecule has 2 rings (SSSR count). The van der Waals surface area contributed by atoms with Crippen LogP contribution in [-0.2, 0) is 0 Å². The molecular weight excluding hydrogens is 272 g/mol. The smallest absolute Gasteiger partial charge is 0.251 e. The first-order valence-electron chi connectivity index (χ1n) is 8.44. The van der Waals surface area contributed by atoms with Gasteiger partial charge < -0.3 is 10.2 Å². The van der Waals surface area contributed by atoms with Crippen LogP contribution < -0.4 is 5.32 Å². The van der Waals surface area contributed by atoms with E-state index in [1.54, 1.807) is 0 Å². The van der Waals surface area contributed by atoms with Crippen LogP contribution in [0.2, 0.25) is 0 Å². The van der Waals surface area contributed by atoms with Gasteiger partial charge in [-0.05, 0) is 55.5 Å². The summed E-state index contributed by atoms with van der Waals surface area (Å²) in [5, 5.41) is 3.26. The summed E-state index contributed by atoms with van der Waals surface area (Å²) in [6.07, 6.45) is 2.45. The lowest BCUT2D eigenvalue weighted by Crippen LogP contribution is -2.44. The third-order valence-corrected chi connectivity index (χ3v) is 4.92. The summed E-state index contributed by atoms with van der Waals surface area (Å²) in [6.45, 7) is 14.0. The van der Waals surface area contributed by atoms with E-state index in [1.807, 2.05) is 18.2 Å². The molecule has 1 heterocycles. The zero-order valence-corrected chi connectivity index (χ0v) is 14.7. The predicted octanol–water partition coefficient (Wildman–Crippen LogP) is 3.54. The average Bonchev–Trinajstić information content (AvgIpc) is 2.74. The molecule has 1 aromatic carbocycles. The van der Waals surface area contributed by atoms with Gasteiger partial charge in [-0.15, -0.1) is 0 Å². The summed E-state index contributed by atoms with van der Waals surface area (Å²) in [5.41, 5.74) is 3.29. The summed E-state index contributed by atoms with van der Waals surface area (Å²) in [6, 6.07) is 6.16. The van der Waals surface area contributed by atoms with Crippen molar-refractivity contribution in [2.24, 2.45) is 5.41 Å². The van der Waals surface area contributed by atoms with Crippen LogP contribution in [0, 0.1) is 19.3 Å². The van der Waals surface area contributed by atoms with Crippen molar-refractivity contribution < 1.29 is 4.79 Å². The lowest BCUT2D eigenvalue weighted by atomic mass is 9.87. The Bertz CT molecular complexity index is 536. The largest absolute Gasteiger partial charge is 0.347 e. The minimum atomic E-state index is 0.0542. The van der Waals surface area contributed by atoms with Crippen molar-refractivity contribution in [3.8, 4) is 0 Å². The maximum atomic E-state index is 12.5. The molecule has 1 atom stereocenters. The Morgan fingerprint density at radius 1 is 1.32 bits per heavy atom. The third kappa shape index (κ3) is 3.89. The molecule has 1 aliphatic rings. The zero-order valence-electron chi connectivity index (χ0n) is 14.7. The number of carbonyl (C=O) groups excluding carboxylic acids is 1. The number of aryl methyl sites for hydroxylation is 2. The molecule has 22 heavy (non-hydrogen) atoms. The molecule has 1 fully saturated rings. The van der Waals surface area contributed by atoms with Crippen molar-refractivity contribution >= 4 is 5.91 Å². The maximum absolute atomic E-state index is 12.5. The number of nitrogens with one attached hydrogen (secondary N) is 1. The molecule has 0 aliphatic carbocycles. The Balaban J connectivity index is 2.02. The molecule has 3 heteroatoms. The standard InChI is InChI=1S/C19H30N2O/c1-6-7-10-21-12-17(19(4,5)13-21)20-18(22)16-9-8-14(2)15(3)11-16/h8-9,11,17H,6-7,10,12-13H2,1-5H3,(H,20,22). The number of likely N-dealkylation sites (tertiary alicyclic amines) is 1. The van der Waals surface area contributed by atoms with Gasteiger partial charge in [0.25, 0.3) is 5.91 Å². The second-order valence-corrected chi connectivity index (χ2v) is 7.40.